The summed E-state index contributed by atoms with van der Waals surface area (Å²) in [5, 5.41) is 15.6. The van der Waals surface area contributed by atoms with Gasteiger partial charge in [-0.15, -0.1) is 0 Å². The van der Waals surface area contributed by atoms with Gasteiger partial charge in [-0.05, 0) is 36.2 Å². The molecule has 2 aromatic heterocycles. The van der Waals surface area contributed by atoms with E-state index in [1.807, 2.05) is 18.2 Å². The van der Waals surface area contributed by atoms with Crippen molar-refractivity contribution in [3.8, 4) is 0 Å². The number of benzene rings is 1. The molecule has 1 aromatic carbocycles. The van der Waals surface area contributed by atoms with Gasteiger partial charge < -0.3 is 20.2 Å². The van der Waals surface area contributed by atoms with Gasteiger partial charge in [0.1, 0.15) is 23.2 Å². The molecule has 0 unspecified atom stereocenters. The fraction of sp³-hybridized carbons (Fsp3) is 0.333. The number of nitrogens with zero attached hydrogens (tertiary/aromatic N) is 1. The van der Waals surface area contributed by atoms with Crippen LogP contribution in [0.3, 0.4) is 0 Å². The number of carboxylic acids is 1. The number of rotatable bonds is 10. The Morgan fingerprint density at radius 3 is 2.66 bits per heavy atom. The van der Waals surface area contributed by atoms with Crippen LogP contribution in [0.5, 0.6) is 0 Å². The van der Waals surface area contributed by atoms with E-state index < -0.39 is 12.0 Å². The molecule has 168 valence electrons. The molecule has 1 atom stereocenters. The normalized spacial score (nSPS) is 12.0. The molecule has 1 amide bonds. The minimum absolute atomic E-state index is 0.0735. The lowest BCUT2D eigenvalue weighted by molar-refractivity contribution is -0.142. The molecule has 0 spiro atoms. The Balaban J connectivity index is 1.67. The Morgan fingerprint density at radius 2 is 1.97 bits per heavy atom. The minimum Gasteiger partial charge on any atom is -0.480 e. The third-order valence-electron chi connectivity index (χ3n) is 4.99. The number of aliphatic carboxylic acids is 1. The van der Waals surface area contributed by atoms with Crippen LogP contribution in [-0.2, 0) is 22.4 Å². The quantitative estimate of drug-likeness (QED) is 0.417. The summed E-state index contributed by atoms with van der Waals surface area (Å²) in [6.45, 7) is 4.08. The average molecular weight is 437 g/mol. The highest BCUT2D eigenvalue weighted by molar-refractivity contribution is 5.85. The van der Waals surface area contributed by atoms with Crippen LogP contribution in [0.25, 0.3) is 11.0 Å². The van der Waals surface area contributed by atoms with E-state index in [2.05, 4.69) is 15.6 Å². The number of aryl methyl sites for hydroxylation is 1. The lowest BCUT2D eigenvalue weighted by Gasteiger charge is -2.16. The molecule has 0 bridgehead atoms. The molecule has 0 aliphatic rings. The van der Waals surface area contributed by atoms with Crippen molar-refractivity contribution in [1.29, 1.82) is 0 Å². The van der Waals surface area contributed by atoms with Crippen molar-refractivity contribution < 1.29 is 19.1 Å². The van der Waals surface area contributed by atoms with Crippen molar-refractivity contribution in [2.45, 2.75) is 39.2 Å². The molecule has 0 fully saturated rings. The SMILES string of the molecule is CC(C)C(=O)N[C@@H](Cc1ccc2oc(CCCNc3ccccn3)cc(=O)c2c1)C(=O)O. The first kappa shape index (κ1) is 23.0. The summed E-state index contributed by atoms with van der Waals surface area (Å²) in [5.74, 6) is -0.395. The van der Waals surface area contributed by atoms with Gasteiger partial charge in [0, 0.05) is 37.6 Å². The zero-order valence-electron chi connectivity index (χ0n) is 18.1. The molecular formula is C24H27N3O5. The van der Waals surface area contributed by atoms with Crippen LogP contribution in [0.1, 0.15) is 31.6 Å². The molecule has 0 radical (unpaired) electrons. The van der Waals surface area contributed by atoms with Crippen molar-refractivity contribution >= 4 is 28.7 Å². The number of anilines is 1. The summed E-state index contributed by atoms with van der Waals surface area (Å²) in [6.07, 6.45) is 3.15. The molecular weight excluding hydrogens is 410 g/mol. The van der Waals surface area contributed by atoms with Gasteiger partial charge in [0.2, 0.25) is 5.91 Å². The first-order valence-electron chi connectivity index (χ1n) is 10.6. The third-order valence-corrected chi connectivity index (χ3v) is 4.99. The monoisotopic (exact) mass is 437 g/mol. The maximum atomic E-state index is 12.6. The van der Waals surface area contributed by atoms with Gasteiger partial charge in [-0.25, -0.2) is 9.78 Å². The van der Waals surface area contributed by atoms with E-state index in [0.29, 0.717) is 35.3 Å². The fourth-order valence-electron chi connectivity index (χ4n) is 3.22. The van der Waals surface area contributed by atoms with Gasteiger partial charge in [0.05, 0.1) is 5.39 Å². The number of hydrogen-bond donors (Lipinski definition) is 3. The van der Waals surface area contributed by atoms with Crippen LogP contribution < -0.4 is 16.1 Å². The van der Waals surface area contributed by atoms with Crippen LogP contribution in [0, 0.1) is 5.92 Å². The summed E-state index contributed by atoms with van der Waals surface area (Å²) in [5.41, 5.74) is 0.902. The summed E-state index contributed by atoms with van der Waals surface area (Å²) >= 11 is 0. The Bertz CT molecular complexity index is 1140. The van der Waals surface area contributed by atoms with E-state index in [9.17, 15) is 19.5 Å². The molecule has 8 nitrogen and oxygen atoms in total. The predicted octanol–water partition coefficient (Wildman–Crippen LogP) is 3.00. The van der Waals surface area contributed by atoms with Gasteiger partial charge in [-0.3, -0.25) is 9.59 Å². The van der Waals surface area contributed by atoms with Crippen molar-refractivity contribution in [3.63, 3.8) is 0 Å². The van der Waals surface area contributed by atoms with Crippen LogP contribution in [0.15, 0.2) is 57.9 Å². The maximum Gasteiger partial charge on any atom is 0.326 e. The Kier molecular flexibility index (Phi) is 7.59. The lowest BCUT2D eigenvalue weighted by atomic mass is 10.0. The first-order valence-corrected chi connectivity index (χ1v) is 10.6. The number of aromatic nitrogens is 1. The van der Waals surface area contributed by atoms with Crippen molar-refractivity contribution in [2.75, 3.05) is 11.9 Å². The first-order chi connectivity index (χ1) is 15.3. The van der Waals surface area contributed by atoms with E-state index in [1.54, 1.807) is 38.2 Å². The Morgan fingerprint density at radius 1 is 1.16 bits per heavy atom. The number of hydrogen-bond acceptors (Lipinski definition) is 6. The molecule has 2 heterocycles. The average Bonchev–Trinajstić information content (AvgIpc) is 2.77. The van der Waals surface area contributed by atoms with E-state index in [-0.39, 0.29) is 23.7 Å². The second-order valence-electron chi connectivity index (χ2n) is 7.91. The van der Waals surface area contributed by atoms with Crippen molar-refractivity contribution in [2.24, 2.45) is 5.92 Å². The number of carbonyl (C=O) groups is 2. The third kappa shape index (κ3) is 6.16. The van der Waals surface area contributed by atoms with Gasteiger partial charge in [-0.1, -0.05) is 26.0 Å². The van der Waals surface area contributed by atoms with Crippen LogP contribution >= 0.6 is 0 Å². The molecule has 3 N–H and O–H groups in total. The van der Waals surface area contributed by atoms with Gasteiger partial charge >= 0.3 is 5.97 Å². The van der Waals surface area contributed by atoms with E-state index >= 15 is 0 Å². The smallest absolute Gasteiger partial charge is 0.326 e. The predicted molar refractivity (Wildman–Crippen MR) is 122 cm³/mol. The molecule has 32 heavy (non-hydrogen) atoms. The summed E-state index contributed by atoms with van der Waals surface area (Å²) in [6, 6.07) is 11.1. The van der Waals surface area contributed by atoms with Crippen LogP contribution in [0.4, 0.5) is 5.82 Å². The number of amides is 1. The Labute approximate surface area is 185 Å². The second kappa shape index (κ2) is 10.6. The topological polar surface area (TPSA) is 122 Å². The molecule has 3 rings (SSSR count). The summed E-state index contributed by atoms with van der Waals surface area (Å²) in [7, 11) is 0. The van der Waals surface area contributed by atoms with E-state index in [1.165, 1.54) is 6.07 Å². The number of carboxylic acid groups (broad SMARTS) is 1. The van der Waals surface area contributed by atoms with Crippen molar-refractivity contribution in [1.82, 2.24) is 10.3 Å². The van der Waals surface area contributed by atoms with Gasteiger partial charge in [-0.2, -0.15) is 0 Å². The standard InChI is InChI=1S/C24H27N3O5/c1-15(2)23(29)27-19(24(30)31)13-16-8-9-21-18(12-16)20(28)14-17(32-21)6-5-11-26-22-7-3-4-10-25-22/h3-4,7-10,12,14-15,19H,5-6,11,13H2,1-2H3,(H,25,26)(H,27,29)(H,30,31)/t19-/m0/s1. The van der Waals surface area contributed by atoms with Crippen molar-refractivity contribution in [3.05, 3.63) is 70.2 Å². The number of nitrogens with one attached hydrogen (secondary N) is 2. The number of carbonyl (C=O) groups excluding carboxylic acids is 1. The van der Waals surface area contributed by atoms with Gasteiger partial charge in [0.15, 0.2) is 5.43 Å². The summed E-state index contributed by atoms with van der Waals surface area (Å²) < 4.78 is 5.87. The minimum atomic E-state index is -1.12. The zero-order valence-corrected chi connectivity index (χ0v) is 18.1. The number of pyridine rings is 1. The largest absolute Gasteiger partial charge is 0.480 e. The molecule has 0 aliphatic heterocycles. The molecule has 3 aromatic rings. The molecule has 0 saturated heterocycles. The van der Waals surface area contributed by atoms with Crippen LogP contribution in [0.2, 0.25) is 0 Å². The maximum absolute atomic E-state index is 12.6. The molecule has 0 saturated carbocycles. The second-order valence-corrected chi connectivity index (χ2v) is 7.91. The molecule has 8 heteroatoms. The van der Waals surface area contributed by atoms with E-state index in [0.717, 1.165) is 12.2 Å². The highest BCUT2D eigenvalue weighted by Crippen LogP contribution is 2.17. The zero-order chi connectivity index (χ0) is 23.1. The van der Waals surface area contributed by atoms with E-state index in [4.69, 9.17) is 4.42 Å². The highest BCUT2D eigenvalue weighted by Gasteiger charge is 2.22. The van der Waals surface area contributed by atoms with Crippen LogP contribution in [-0.4, -0.2) is 34.6 Å². The fourth-order valence-corrected chi connectivity index (χ4v) is 3.22. The number of fused-ring (bicyclic) bond motifs is 1. The summed E-state index contributed by atoms with van der Waals surface area (Å²) in [4.78, 5) is 40.3. The highest BCUT2D eigenvalue weighted by atomic mass is 16.4. The Hall–Kier alpha value is -3.68. The molecule has 0 aliphatic carbocycles. The van der Waals surface area contributed by atoms with Gasteiger partial charge in [0.25, 0.3) is 0 Å². The lowest BCUT2D eigenvalue weighted by Crippen LogP contribution is -2.44.